The molecule has 9 nitrogen and oxygen atoms in total. The van der Waals surface area contributed by atoms with Crippen molar-refractivity contribution < 1.29 is 34.4 Å². The summed E-state index contributed by atoms with van der Waals surface area (Å²) in [7, 11) is 0. The Morgan fingerprint density at radius 2 is 1.26 bits per heavy atom. The molecule has 35 heavy (non-hydrogen) atoms. The lowest BCUT2D eigenvalue weighted by Crippen LogP contribution is -1.90. The van der Waals surface area contributed by atoms with Crippen LogP contribution in [0, 0.1) is 21.2 Å². The van der Waals surface area contributed by atoms with Crippen LogP contribution in [0.4, 0.5) is 14.0 Å². The SMILES string of the molecule is CC(C)C.CC(C)C.Fc1c(-c2cccnc2)ccc2c(I)cncc12.N.O=C(O)O.O=C(O)O. The highest BCUT2D eigenvalue weighted by Crippen LogP contribution is 2.29. The van der Waals surface area contributed by atoms with Gasteiger partial charge in [0.05, 0.1) is 0 Å². The van der Waals surface area contributed by atoms with Crippen LogP contribution in [0.3, 0.4) is 0 Å². The third-order valence-electron chi connectivity index (χ3n) is 2.80. The Bertz CT molecular complexity index is 974. The summed E-state index contributed by atoms with van der Waals surface area (Å²) < 4.78 is 15.4. The highest BCUT2D eigenvalue weighted by atomic mass is 127. The van der Waals surface area contributed by atoms with Crippen LogP contribution in [0.5, 0.6) is 0 Å². The van der Waals surface area contributed by atoms with Crippen molar-refractivity contribution in [3.63, 3.8) is 0 Å². The summed E-state index contributed by atoms with van der Waals surface area (Å²) in [6.07, 6.45) is 2.96. The highest BCUT2D eigenvalue weighted by molar-refractivity contribution is 14.1. The maximum atomic E-state index is 14.5. The van der Waals surface area contributed by atoms with Gasteiger partial charge in [0.1, 0.15) is 5.82 Å². The van der Waals surface area contributed by atoms with Crippen molar-refractivity contribution >= 4 is 45.7 Å². The molecule has 3 rings (SSSR count). The molecule has 0 spiro atoms. The number of fused-ring (bicyclic) bond motifs is 1. The molecule has 7 N–H and O–H groups in total. The summed E-state index contributed by atoms with van der Waals surface area (Å²) >= 11 is 2.16. The van der Waals surface area contributed by atoms with Gasteiger partial charge in [0.2, 0.25) is 0 Å². The Kier molecular flexibility index (Phi) is 21.2. The second kappa shape index (κ2) is 20.3. The summed E-state index contributed by atoms with van der Waals surface area (Å²) in [5.41, 5.74) is 1.33. The Morgan fingerprint density at radius 1 is 0.800 bits per heavy atom. The molecular formula is C24H35FIN3O6. The second-order valence-electron chi connectivity index (χ2n) is 7.91. The lowest BCUT2D eigenvalue weighted by molar-refractivity contribution is 0.135. The van der Waals surface area contributed by atoms with Gasteiger partial charge in [-0.25, -0.2) is 14.0 Å². The van der Waals surface area contributed by atoms with Crippen LogP contribution in [-0.4, -0.2) is 42.7 Å². The zero-order valence-electron chi connectivity index (χ0n) is 20.7. The molecule has 2 heterocycles. The number of carbonyl (C=O) groups is 2. The first kappa shape index (κ1) is 36.5. The van der Waals surface area contributed by atoms with E-state index in [2.05, 4.69) is 74.1 Å². The fourth-order valence-electron chi connectivity index (χ4n) is 1.92. The molecule has 0 bridgehead atoms. The zero-order valence-corrected chi connectivity index (χ0v) is 22.9. The number of hydrogen-bond donors (Lipinski definition) is 5. The highest BCUT2D eigenvalue weighted by Gasteiger charge is 2.10. The molecule has 2 aromatic heterocycles. The van der Waals surface area contributed by atoms with Gasteiger partial charge in [0.25, 0.3) is 0 Å². The van der Waals surface area contributed by atoms with Crippen molar-refractivity contribution in [2.75, 3.05) is 0 Å². The van der Waals surface area contributed by atoms with Gasteiger partial charge in [-0.3, -0.25) is 9.97 Å². The van der Waals surface area contributed by atoms with E-state index in [4.69, 9.17) is 30.0 Å². The Balaban J connectivity index is -0.000000500. The van der Waals surface area contributed by atoms with E-state index in [1.165, 1.54) is 0 Å². The topological polar surface area (TPSA) is 176 Å². The van der Waals surface area contributed by atoms with Crippen molar-refractivity contribution in [1.29, 1.82) is 0 Å². The second-order valence-corrected chi connectivity index (χ2v) is 9.08. The van der Waals surface area contributed by atoms with Crippen molar-refractivity contribution in [2.24, 2.45) is 11.8 Å². The van der Waals surface area contributed by atoms with E-state index < -0.39 is 12.3 Å². The van der Waals surface area contributed by atoms with Crippen LogP contribution in [-0.2, 0) is 0 Å². The van der Waals surface area contributed by atoms with Gasteiger partial charge in [0, 0.05) is 50.3 Å². The number of aromatic nitrogens is 2. The van der Waals surface area contributed by atoms with E-state index in [0.29, 0.717) is 10.9 Å². The van der Waals surface area contributed by atoms with E-state index in [1.54, 1.807) is 36.9 Å². The van der Waals surface area contributed by atoms with Crippen LogP contribution in [0.25, 0.3) is 21.9 Å². The minimum atomic E-state index is -1.83. The summed E-state index contributed by atoms with van der Waals surface area (Å²) in [4.78, 5) is 25.2. The van der Waals surface area contributed by atoms with Crippen LogP contribution < -0.4 is 6.15 Å². The number of halogens is 2. The molecule has 0 aliphatic rings. The zero-order chi connectivity index (χ0) is 26.8. The lowest BCUT2D eigenvalue weighted by atomic mass is 10.0. The molecule has 3 aromatic rings. The molecule has 0 fully saturated rings. The van der Waals surface area contributed by atoms with E-state index in [9.17, 15) is 4.39 Å². The van der Waals surface area contributed by atoms with Crippen molar-refractivity contribution in [2.45, 2.75) is 41.5 Å². The van der Waals surface area contributed by atoms with Crippen LogP contribution >= 0.6 is 22.6 Å². The normalized spacial score (nSPS) is 8.97. The van der Waals surface area contributed by atoms with Gasteiger partial charge < -0.3 is 26.6 Å². The number of rotatable bonds is 1. The maximum Gasteiger partial charge on any atom is 0.503 e. The predicted octanol–water partition coefficient (Wildman–Crippen LogP) is 7.97. The Labute approximate surface area is 218 Å². The molecule has 0 saturated carbocycles. The first-order valence-electron chi connectivity index (χ1n) is 10.2. The van der Waals surface area contributed by atoms with E-state index in [-0.39, 0.29) is 12.0 Å². The van der Waals surface area contributed by atoms with Crippen molar-refractivity contribution in [1.82, 2.24) is 16.1 Å². The van der Waals surface area contributed by atoms with Gasteiger partial charge in [-0.15, -0.1) is 0 Å². The number of hydrogen-bond acceptors (Lipinski definition) is 5. The molecule has 0 aliphatic carbocycles. The van der Waals surface area contributed by atoms with Crippen LogP contribution in [0.15, 0.2) is 49.1 Å². The van der Waals surface area contributed by atoms with Gasteiger partial charge in [0.15, 0.2) is 0 Å². The summed E-state index contributed by atoms with van der Waals surface area (Å²) in [5, 5.41) is 29.3. The standard InChI is InChI=1S/C14H8FIN2.2C4H10.2CH2O3.H3N/c15-14-10(9-2-1-5-17-6-9)3-4-11-12(14)7-18-8-13(11)16;2*1-4(2)3;2*2-1(3)4;/h1-8H;2*4H,1-3H3;2*(H2,2,3,4);1H3. The van der Waals surface area contributed by atoms with Crippen molar-refractivity contribution in [3.8, 4) is 11.1 Å². The van der Waals surface area contributed by atoms with E-state index in [1.807, 2.05) is 12.1 Å². The Hall–Kier alpha value is -3.06. The average Bonchev–Trinajstić information content (AvgIpc) is 2.68. The molecule has 1 aromatic carbocycles. The van der Waals surface area contributed by atoms with Crippen LogP contribution in [0.2, 0.25) is 0 Å². The van der Waals surface area contributed by atoms with Gasteiger partial charge in [-0.05, 0) is 40.5 Å². The minimum absolute atomic E-state index is 0. The van der Waals surface area contributed by atoms with E-state index in [0.717, 1.165) is 26.4 Å². The maximum absolute atomic E-state index is 14.5. The quantitative estimate of drug-likeness (QED) is 0.172. The predicted molar refractivity (Wildman–Crippen MR) is 145 cm³/mol. The first-order valence-corrected chi connectivity index (χ1v) is 11.2. The number of nitrogens with zero attached hydrogens (tertiary/aromatic N) is 2. The lowest BCUT2D eigenvalue weighted by Gasteiger charge is -2.07. The Morgan fingerprint density at radius 3 is 1.66 bits per heavy atom. The smallest absolute Gasteiger partial charge is 0.450 e. The third-order valence-corrected chi connectivity index (χ3v) is 3.66. The average molecular weight is 607 g/mol. The molecule has 0 radical (unpaired) electrons. The molecule has 0 saturated heterocycles. The van der Waals surface area contributed by atoms with Crippen LogP contribution in [0.1, 0.15) is 41.5 Å². The monoisotopic (exact) mass is 607 g/mol. The summed E-state index contributed by atoms with van der Waals surface area (Å²) in [6.45, 7) is 13.0. The minimum Gasteiger partial charge on any atom is -0.450 e. The van der Waals surface area contributed by atoms with E-state index >= 15 is 0 Å². The number of benzene rings is 1. The van der Waals surface area contributed by atoms with Gasteiger partial charge in [-0.1, -0.05) is 59.7 Å². The third kappa shape index (κ3) is 20.1. The first-order chi connectivity index (χ1) is 15.7. The fraction of sp³-hybridized carbons (Fsp3) is 0.333. The fourth-order valence-corrected chi connectivity index (χ4v) is 2.55. The molecule has 0 unspecified atom stereocenters. The molecule has 0 atom stereocenters. The van der Waals surface area contributed by atoms with Gasteiger partial charge >= 0.3 is 12.3 Å². The molecular weight excluding hydrogens is 572 g/mol. The molecule has 0 aliphatic heterocycles. The van der Waals surface area contributed by atoms with Gasteiger partial charge in [-0.2, -0.15) is 0 Å². The molecule has 11 heteroatoms. The number of carboxylic acid groups (broad SMARTS) is 4. The molecule has 0 amide bonds. The number of pyridine rings is 2. The van der Waals surface area contributed by atoms with Crippen molar-refractivity contribution in [3.05, 3.63) is 58.4 Å². The largest absolute Gasteiger partial charge is 0.503 e. The summed E-state index contributed by atoms with van der Waals surface area (Å²) in [6, 6.07) is 7.35. The molecule has 196 valence electrons. The summed E-state index contributed by atoms with van der Waals surface area (Å²) in [5.74, 6) is 1.42.